The van der Waals surface area contributed by atoms with Gasteiger partial charge in [0.2, 0.25) is 11.9 Å². The second-order valence-corrected chi connectivity index (χ2v) is 7.53. The Hall–Kier alpha value is -2.52. The lowest BCUT2D eigenvalue weighted by Gasteiger charge is -2.30. The van der Waals surface area contributed by atoms with Crippen LogP contribution in [-0.2, 0) is 9.47 Å². The molecule has 0 aromatic carbocycles. The summed E-state index contributed by atoms with van der Waals surface area (Å²) in [6, 6.07) is 6.10. The fraction of sp³-hybridized carbons (Fsp3) is 0.600. The van der Waals surface area contributed by atoms with Crippen LogP contribution in [0.4, 0.5) is 17.7 Å². The van der Waals surface area contributed by atoms with Crippen LogP contribution in [0.25, 0.3) is 11.5 Å². The fourth-order valence-electron chi connectivity index (χ4n) is 3.95. The molecule has 154 valence electrons. The van der Waals surface area contributed by atoms with E-state index >= 15 is 0 Å². The van der Waals surface area contributed by atoms with Crippen molar-refractivity contribution in [2.24, 2.45) is 0 Å². The lowest BCUT2D eigenvalue weighted by Crippen LogP contribution is -2.40. The Bertz CT molecular complexity index is 795. The molecule has 5 heterocycles. The maximum Gasteiger partial charge on any atom is 0.230 e. The van der Waals surface area contributed by atoms with E-state index in [-0.39, 0.29) is 0 Å². The maximum atomic E-state index is 5.50. The Morgan fingerprint density at radius 3 is 1.79 bits per heavy atom. The summed E-state index contributed by atoms with van der Waals surface area (Å²) in [7, 11) is 0. The molecule has 0 radical (unpaired) electrons. The molecule has 2 aromatic heterocycles. The van der Waals surface area contributed by atoms with Gasteiger partial charge in [0.25, 0.3) is 0 Å². The van der Waals surface area contributed by atoms with Gasteiger partial charge in [-0.3, -0.25) is 0 Å². The maximum absolute atomic E-state index is 5.50. The van der Waals surface area contributed by atoms with Crippen LogP contribution in [0.5, 0.6) is 0 Å². The van der Waals surface area contributed by atoms with Gasteiger partial charge in [-0.1, -0.05) is 6.07 Å². The number of aromatic nitrogens is 4. The predicted molar refractivity (Wildman–Crippen MR) is 111 cm³/mol. The highest BCUT2D eigenvalue weighted by atomic mass is 16.5. The Morgan fingerprint density at radius 1 is 0.621 bits per heavy atom. The molecule has 3 saturated heterocycles. The minimum absolute atomic E-state index is 0.629. The number of nitrogens with zero attached hydrogens (tertiary/aromatic N) is 7. The molecule has 0 bridgehead atoms. The quantitative estimate of drug-likeness (QED) is 0.756. The molecule has 9 nitrogen and oxygen atoms in total. The van der Waals surface area contributed by atoms with Gasteiger partial charge in [0.1, 0.15) is 11.5 Å². The molecule has 5 rings (SSSR count). The summed E-state index contributed by atoms with van der Waals surface area (Å²) in [5, 5.41) is 0. The van der Waals surface area contributed by atoms with Gasteiger partial charge < -0.3 is 24.2 Å². The van der Waals surface area contributed by atoms with E-state index in [1.807, 2.05) is 12.1 Å². The molecule has 0 saturated carbocycles. The Balaban J connectivity index is 1.51. The molecule has 0 unspecified atom stereocenters. The zero-order valence-electron chi connectivity index (χ0n) is 16.7. The smallest absolute Gasteiger partial charge is 0.230 e. The van der Waals surface area contributed by atoms with E-state index < -0.39 is 0 Å². The van der Waals surface area contributed by atoms with E-state index in [0.29, 0.717) is 44.1 Å². The SMILES string of the molecule is c1cc(-c2nc(N3CCOCC3)nc(N3CCOCC3)n2)nc(N2CCCC2)c1. The first-order chi connectivity index (χ1) is 14.4. The van der Waals surface area contributed by atoms with Crippen molar-refractivity contribution < 1.29 is 9.47 Å². The third-order valence-electron chi connectivity index (χ3n) is 5.59. The molecular formula is C20H27N7O2. The van der Waals surface area contributed by atoms with Crippen molar-refractivity contribution in [2.75, 3.05) is 80.4 Å². The van der Waals surface area contributed by atoms with E-state index in [1.54, 1.807) is 0 Å². The standard InChI is InChI=1S/C20H27N7O2/c1-2-7-25(6-1)17-5-3-4-16(21-17)18-22-19(26-8-12-28-13-9-26)24-20(23-18)27-10-14-29-15-11-27/h3-5H,1-2,6-15H2. The van der Waals surface area contributed by atoms with Crippen molar-refractivity contribution in [3.05, 3.63) is 18.2 Å². The van der Waals surface area contributed by atoms with E-state index in [0.717, 1.165) is 50.8 Å². The summed E-state index contributed by atoms with van der Waals surface area (Å²) >= 11 is 0. The third kappa shape index (κ3) is 4.11. The molecule has 0 spiro atoms. The average molecular weight is 397 g/mol. The largest absolute Gasteiger partial charge is 0.378 e. The van der Waals surface area contributed by atoms with E-state index in [9.17, 15) is 0 Å². The average Bonchev–Trinajstić information content (AvgIpc) is 3.35. The van der Waals surface area contributed by atoms with Gasteiger partial charge in [-0.2, -0.15) is 15.0 Å². The predicted octanol–water partition coefficient (Wildman–Crippen LogP) is 1.21. The van der Waals surface area contributed by atoms with Gasteiger partial charge in [0.15, 0.2) is 5.82 Å². The van der Waals surface area contributed by atoms with Gasteiger partial charge in [-0.05, 0) is 25.0 Å². The Kier molecular flexibility index (Phi) is 5.40. The molecule has 3 aliphatic heterocycles. The zero-order chi connectivity index (χ0) is 19.5. The van der Waals surface area contributed by atoms with Crippen LogP contribution in [0.1, 0.15) is 12.8 Å². The van der Waals surface area contributed by atoms with Crippen molar-refractivity contribution in [1.29, 1.82) is 0 Å². The summed E-state index contributed by atoms with van der Waals surface area (Å²) < 4.78 is 11.0. The molecule has 0 aliphatic carbocycles. The van der Waals surface area contributed by atoms with Crippen LogP contribution in [0.15, 0.2) is 18.2 Å². The number of morpholine rings is 2. The van der Waals surface area contributed by atoms with E-state index in [1.165, 1.54) is 12.8 Å². The van der Waals surface area contributed by atoms with Crippen LogP contribution in [-0.4, -0.2) is 85.6 Å². The lowest BCUT2D eigenvalue weighted by molar-refractivity contribution is 0.121. The normalized spacial score (nSPS) is 20.3. The molecule has 29 heavy (non-hydrogen) atoms. The molecule has 3 aliphatic rings. The number of hydrogen-bond acceptors (Lipinski definition) is 9. The summed E-state index contributed by atoms with van der Waals surface area (Å²) in [6.07, 6.45) is 2.44. The van der Waals surface area contributed by atoms with Crippen molar-refractivity contribution >= 4 is 17.7 Å². The molecule has 0 amide bonds. The zero-order valence-corrected chi connectivity index (χ0v) is 16.7. The minimum Gasteiger partial charge on any atom is -0.378 e. The molecule has 0 N–H and O–H groups in total. The summed E-state index contributed by atoms with van der Waals surface area (Å²) in [6.45, 7) is 8.03. The fourth-order valence-corrected chi connectivity index (χ4v) is 3.95. The van der Waals surface area contributed by atoms with Crippen molar-refractivity contribution in [3.8, 4) is 11.5 Å². The second-order valence-electron chi connectivity index (χ2n) is 7.53. The molecule has 0 atom stereocenters. The number of anilines is 3. The van der Waals surface area contributed by atoms with Gasteiger partial charge in [-0.25, -0.2) is 4.98 Å². The van der Waals surface area contributed by atoms with Crippen molar-refractivity contribution in [2.45, 2.75) is 12.8 Å². The van der Waals surface area contributed by atoms with Gasteiger partial charge in [0.05, 0.1) is 26.4 Å². The molecule has 9 heteroatoms. The van der Waals surface area contributed by atoms with Crippen LogP contribution in [0.3, 0.4) is 0 Å². The highest BCUT2D eigenvalue weighted by Gasteiger charge is 2.22. The van der Waals surface area contributed by atoms with Crippen molar-refractivity contribution in [1.82, 2.24) is 19.9 Å². The minimum atomic E-state index is 0.629. The first kappa shape index (κ1) is 18.5. The number of rotatable bonds is 4. The van der Waals surface area contributed by atoms with Crippen LogP contribution >= 0.6 is 0 Å². The molecule has 3 fully saturated rings. The Labute approximate surface area is 170 Å². The summed E-state index contributed by atoms with van der Waals surface area (Å²) in [4.78, 5) is 25.9. The summed E-state index contributed by atoms with van der Waals surface area (Å²) in [5.74, 6) is 3.03. The Morgan fingerprint density at radius 2 is 1.21 bits per heavy atom. The van der Waals surface area contributed by atoms with Gasteiger partial charge in [-0.15, -0.1) is 0 Å². The number of ether oxygens (including phenoxy) is 2. The van der Waals surface area contributed by atoms with Crippen molar-refractivity contribution in [3.63, 3.8) is 0 Å². The lowest BCUT2D eigenvalue weighted by atomic mass is 10.3. The van der Waals surface area contributed by atoms with Crippen LogP contribution in [0, 0.1) is 0 Å². The van der Waals surface area contributed by atoms with Gasteiger partial charge >= 0.3 is 0 Å². The second kappa shape index (κ2) is 8.46. The highest BCUT2D eigenvalue weighted by molar-refractivity contribution is 5.58. The van der Waals surface area contributed by atoms with E-state index in [2.05, 4.69) is 20.8 Å². The van der Waals surface area contributed by atoms with Crippen LogP contribution in [0.2, 0.25) is 0 Å². The highest BCUT2D eigenvalue weighted by Crippen LogP contribution is 2.24. The monoisotopic (exact) mass is 397 g/mol. The van der Waals surface area contributed by atoms with E-state index in [4.69, 9.17) is 29.4 Å². The van der Waals surface area contributed by atoms with Crippen LogP contribution < -0.4 is 14.7 Å². The number of hydrogen-bond donors (Lipinski definition) is 0. The van der Waals surface area contributed by atoms with Gasteiger partial charge in [0, 0.05) is 39.3 Å². The molecule has 2 aromatic rings. The number of pyridine rings is 1. The first-order valence-electron chi connectivity index (χ1n) is 10.5. The molecular weight excluding hydrogens is 370 g/mol. The summed E-state index contributed by atoms with van der Waals surface area (Å²) in [5.41, 5.74) is 0.792. The topological polar surface area (TPSA) is 79.7 Å². The first-order valence-corrected chi connectivity index (χ1v) is 10.5. The third-order valence-corrected chi connectivity index (χ3v) is 5.59.